The lowest BCUT2D eigenvalue weighted by Gasteiger charge is -2.35. The molecule has 2 saturated heterocycles. The van der Waals surface area contributed by atoms with Gasteiger partial charge in [0.2, 0.25) is 5.91 Å². The molecule has 2 fully saturated rings. The van der Waals surface area contributed by atoms with Gasteiger partial charge in [0.1, 0.15) is 5.69 Å². The van der Waals surface area contributed by atoms with E-state index in [0.717, 1.165) is 12.8 Å². The molecule has 2 aliphatic rings. The van der Waals surface area contributed by atoms with Crippen LogP contribution in [0.2, 0.25) is 0 Å². The standard InChI is InChI=1S/C15H20N4O3/c1-17-7-4-6-11(14(17)21)16-15(22)19-8-3-5-10-12(19)9-18(2)13(10)20/h4,6-7,10,12H,3,5,8-9H2,1-2H3,(H,16,22)/t10-,12-/m1/s1. The Morgan fingerprint density at radius 2 is 2.09 bits per heavy atom. The number of anilines is 1. The third-order valence-corrected chi connectivity index (χ3v) is 4.56. The summed E-state index contributed by atoms with van der Waals surface area (Å²) in [5.41, 5.74) is 0.0128. The minimum absolute atomic E-state index is 0.0983. The van der Waals surface area contributed by atoms with Crippen molar-refractivity contribution in [3.63, 3.8) is 0 Å². The van der Waals surface area contributed by atoms with Crippen molar-refractivity contribution in [2.45, 2.75) is 18.9 Å². The summed E-state index contributed by atoms with van der Waals surface area (Å²) in [6, 6.07) is 2.90. The molecule has 7 heteroatoms. The molecule has 118 valence electrons. The van der Waals surface area contributed by atoms with Gasteiger partial charge in [0, 0.05) is 33.4 Å². The minimum Gasteiger partial charge on any atom is -0.343 e. The van der Waals surface area contributed by atoms with Crippen molar-refractivity contribution in [2.75, 3.05) is 25.5 Å². The first-order valence-electron chi connectivity index (χ1n) is 7.47. The molecule has 3 amide bonds. The van der Waals surface area contributed by atoms with Gasteiger partial charge in [-0.3, -0.25) is 9.59 Å². The highest BCUT2D eigenvalue weighted by Crippen LogP contribution is 2.31. The van der Waals surface area contributed by atoms with Crippen LogP contribution in [0.1, 0.15) is 12.8 Å². The zero-order valence-corrected chi connectivity index (χ0v) is 12.8. The van der Waals surface area contributed by atoms with Gasteiger partial charge in [-0.15, -0.1) is 0 Å². The monoisotopic (exact) mass is 304 g/mol. The number of aryl methyl sites for hydroxylation is 1. The number of amides is 3. The van der Waals surface area contributed by atoms with E-state index in [9.17, 15) is 14.4 Å². The van der Waals surface area contributed by atoms with Crippen LogP contribution in [0, 0.1) is 5.92 Å². The first kappa shape index (κ1) is 14.6. The van der Waals surface area contributed by atoms with Gasteiger partial charge in [0.05, 0.1) is 12.0 Å². The Labute approximate surface area is 128 Å². The number of piperidine rings is 1. The van der Waals surface area contributed by atoms with Crippen molar-refractivity contribution in [2.24, 2.45) is 13.0 Å². The number of fused-ring (bicyclic) bond motifs is 1. The molecule has 2 aliphatic heterocycles. The number of likely N-dealkylation sites (N-methyl/N-ethyl adjacent to an activating group) is 1. The van der Waals surface area contributed by atoms with Crippen LogP contribution in [0.15, 0.2) is 23.1 Å². The van der Waals surface area contributed by atoms with Gasteiger partial charge in [-0.25, -0.2) is 4.79 Å². The number of nitrogens with one attached hydrogen (secondary N) is 1. The van der Waals surface area contributed by atoms with Gasteiger partial charge in [-0.1, -0.05) is 0 Å². The molecular formula is C15H20N4O3. The number of pyridine rings is 1. The van der Waals surface area contributed by atoms with Gasteiger partial charge in [0.25, 0.3) is 5.56 Å². The molecule has 0 aromatic carbocycles. The SMILES string of the molecule is CN1C[C@@H]2[C@@H](CCCN2C(=O)Nc2cccn(C)c2=O)C1=O. The quantitative estimate of drug-likeness (QED) is 0.819. The summed E-state index contributed by atoms with van der Waals surface area (Å²) in [5.74, 6) is 0.00114. The Kier molecular flexibility index (Phi) is 3.64. The van der Waals surface area contributed by atoms with Crippen LogP contribution in [-0.2, 0) is 11.8 Å². The first-order valence-corrected chi connectivity index (χ1v) is 7.47. The van der Waals surface area contributed by atoms with Gasteiger partial charge in [-0.2, -0.15) is 0 Å². The third kappa shape index (κ3) is 2.36. The number of aromatic nitrogens is 1. The van der Waals surface area contributed by atoms with E-state index < -0.39 is 0 Å². The van der Waals surface area contributed by atoms with Gasteiger partial charge < -0.3 is 19.7 Å². The summed E-state index contributed by atoms with van der Waals surface area (Å²) in [7, 11) is 3.41. The largest absolute Gasteiger partial charge is 0.343 e. The Hall–Kier alpha value is -2.31. The van der Waals surface area contributed by atoms with Crippen molar-refractivity contribution in [1.82, 2.24) is 14.4 Å². The van der Waals surface area contributed by atoms with E-state index in [1.54, 1.807) is 42.2 Å². The van der Waals surface area contributed by atoms with Crippen molar-refractivity contribution in [3.05, 3.63) is 28.7 Å². The third-order valence-electron chi connectivity index (χ3n) is 4.56. The summed E-state index contributed by atoms with van der Waals surface area (Å²) in [6.07, 6.45) is 3.27. The fourth-order valence-electron chi connectivity index (χ4n) is 3.36. The number of carbonyl (C=O) groups is 2. The second-order valence-corrected chi connectivity index (χ2v) is 6.00. The smallest absolute Gasteiger partial charge is 0.322 e. The molecule has 1 aromatic rings. The van der Waals surface area contributed by atoms with Gasteiger partial charge in [-0.05, 0) is 25.0 Å². The van der Waals surface area contributed by atoms with Gasteiger partial charge >= 0.3 is 6.03 Å². The van der Waals surface area contributed by atoms with Crippen LogP contribution in [0.5, 0.6) is 0 Å². The molecule has 3 rings (SSSR count). The van der Waals surface area contributed by atoms with E-state index >= 15 is 0 Å². The number of rotatable bonds is 1. The number of likely N-dealkylation sites (tertiary alicyclic amines) is 2. The lowest BCUT2D eigenvalue weighted by molar-refractivity contribution is -0.130. The van der Waals surface area contributed by atoms with E-state index in [-0.39, 0.29) is 35.1 Å². The van der Waals surface area contributed by atoms with E-state index in [4.69, 9.17) is 0 Å². The van der Waals surface area contributed by atoms with Crippen molar-refractivity contribution in [1.29, 1.82) is 0 Å². The maximum Gasteiger partial charge on any atom is 0.322 e. The fraction of sp³-hybridized carbons (Fsp3) is 0.533. The highest BCUT2D eigenvalue weighted by Gasteiger charge is 2.45. The highest BCUT2D eigenvalue weighted by molar-refractivity contribution is 5.91. The molecular weight excluding hydrogens is 284 g/mol. The fourth-order valence-corrected chi connectivity index (χ4v) is 3.36. The Morgan fingerprint density at radius 1 is 1.32 bits per heavy atom. The summed E-state index contributed by atoms with van der Waals surface area (Å²) < 4.78 is 1.42. The molecule has 2 atom stereocenters. The van der Waals surface area contributed by atoms with Crippen molar-refractivity contribution < 1.29 is 9.59 Å². The van der Waals surface area contributed by atoms with E-state index in [1.165, 1.54) is 4.57 Å². The van der Waals surface area contributed by atoms with E-state index in [1.807, 2.05) is 0 Å². The molecule has 0 radical (unpaired) electrons. The maximum absolute atomic E-state index is 12.5. The predicted octanol–water partition coefficient (Wildman–Crippen LogP) is 0.470. The zero-order chi connectivity index (χ0) is 15.9. The predicted molar refractivity (Wildman–Crippen MR) is 81.6 cm³/mol. The molecule has 3 heterocycles. The number of urea groups is 1. The average Bonchev–Trinajstić information content (AvgIpc) is 2.79. The second kappa shape index (κ2) is 5.47. The van der Waals surface area contributed by atoms with Crippen LogP contribution in [0.4, 0.5) is 10.5 Å². The lowest BCUT2D eigenvalue weighted by Crippen LogP contribution is -2.50. The lowest BCUT2D eigenvalue weighted by atomic mass is 9.92. The molecule has 7 nitrogen and oxygen atoms in total. The molecule has 0 unspecified atom stereocenters. The summed E-state index contributed by atoms with van der Waals surface area (Å²) >= 11 is 0. The van der Waals surface area contributed by atoms with Crippen molar-refractivity contribution in [3.8, 4) is 0 Å². The first-order chi connectivity index (χ1) is 10.5. The zero-order valence-electron chi connectivity index (χ0n) is 12.8. The number of hydrogen-bond acceptors (Lipinski definition) is 3. The molecule has 0 aliphatic carbocycles. The molecule has 0 spiro atoms. The molecule has 0 saturated carbocycles. The topological polar surface area (TPSA) is 74.7 Å². The maximum atomic E-state index is 12.5. The van der Waals surface area contributed by atoms with E-state index in [0.29, 0.717) is 13.1 Å². The Bertz CT molecular complexity index is 669. The number of hydrogen-bond donors (Lipinski definition) is 1. The number of carbonyl (C=O) groups excluding carboxylic acids is 2. The molecule has 1 N–H and O–H groups in total. The van der Waals surface area contributed by atoms with Crippen LogP contribution >= 0.6 is 0 Å². The average molecular weight is 304 g/mol. The van der Waals surface area contributed by atoms with Crippen LogP contribution in [-0.4, -0.2) is 52.5 Å². The summed E-state index contributed by atoms with van der Waals surface area (Å²) in [4.78, 5) is 40.0. The highest BCUT2D eigenvalue weighted by atomic mass is 16.2. The van der Waals surface area contributed by atoms with Crippen LogP contribution in [0.25, 0.3) is 0 Å². The van der Waals surface area contributed by atoms with Crippen LogP contribution < -0.4 is 10.9 Å². The summed E-state index contributed by atoms with van der Waals surface area (Å²) in [6.45, 7) is 1.17. The molecule has 22 heavy (non-hydrogen) atoms. The van der Waals surface area contributed by atoms with Crippen molar-refractivity contribution >= 4 is 17.6 Å². The van der Waals surface area contributed by atoms with Gasteiger partial charge in [0.15, 0.2) is 0 Å². The minimum atomic E-state index is -0.305. The Morgan fingerprint density at radius 3 is 2.86 bits per heavy atom. The normalized spacial score (nSPS) is 24.4. The molecule has 0 bridgehead atoms. The summed E-state index contributed by atoms with van der Waals surface area (Å²) in [5, 5.41) is 2.69. The Balaban J connectivity index is 1.79. The van der Waals surface area contributed by atoms with E-state index in [2.05, 4.69) is 5.32 Å². The molecule has 1 aromatic heterocycles. The number of nitrogens with zero attached hydrogens (tertiary/aromatic N) is 3. The van der Waals surface area contributed by atoms with Crippen LogP contribution in [0.3, 0.4) is 0 Å². The second-order valence-electron chi connectivity index (χ2n) is 6.00.